The standard InChI is InChI=1S/C19H24N2/c1-15-11-12-16-7-5-6-10-19(16)21(15)14-18-9-4-3-8-17(18)13-20-2/h3-10,15,20H,11-14H2,1-2H3. The number of para-hydroxylation sites is 1. The number of hydrogen-bond donors (Lipinski definition) is 1. The quantitative estimate of drug-likeness (QED) is 0.917. The predicted molar refractivity (Wildman–Crippen MR) is 89.6 cm³/mol. The summed E-state index contributed by atoms with van der Waals surface area (Å²) in [4.78, 5) is 2.56. The minimum Gasteiger partial charge on any atom is -0.364 e. The Morgan fingerprint density at radius 2 is 1.76 bits per heavy atom. The number of nitrogens with zero attached hydrogens (tertiary/aromatic N) is 1. The molecule has 1 atom stereocenters. The molecule has 3 rings (SSSR count). The van der Waals surface area contributed by atoms with Crippen molar-refractivity contribution in [3.8, 4) is 0 Å². The number of benzene rings is 2. The molecule has 2 aromatic carbocycles. The molecule has 0 bridgehead atoms. The largest absolute Gasteiger partial charge is 0.364 e. The van der Waals surface area contributed by atoms with Gasteiger partial charge in [-0.25, -0.2) is 0 Å². The van der Waals surface area contributed by atoms with Gasteiger partial charge in [0.1, 0.15) is 0 Å². The number of anilines is 1. The van der Waals surface area contributed by atoms with E-state index in [0.29, 0.717) is 6.04 Å². The van der Waals surface area contributed by atoms with E-state index in [2.05, 4.69) is 65.7 Å². The number of rotatable bonds is 4. The third kappa shape index (κ3) is 2.96. The Balaban J connectivity index is 1.91. The first-order valence-electron chi connectivity index (χ1n) is 7.85. The molecule has 1 aliphatic rings. The highest BCUT2D eigenvalue weighted by Crippen LogP contribution is 2.32. The van der Waals surface area contributed by atoms with Crippen molar-refractivity contribution in [2.75, 3.05) is 11.9 Å². The second kappa shape index (κ2) is 6.31. The normalized spacial score (nSPS) is 17.6. The van der Waals surface area contributed by atoms with E-state index in [1.54, 1.807) is 0 Å². The van der Waals surface area contributed by atoms with Crippen molar-refractivity contribution in [1.29, 1.82) is 0 Å². The Kier molecular flexibility index (Phi) is 4.26. The van der Waals surface area contributed by atoms with E-state index in [4.69, 9.17) is 0 Å². The zero-order chi connectivity index (χ0) is 14.7. The first-order chi connectivity index (χ1) is 10.3. The topological polar surface area (TPSA) is 15.3 Å². The van der Waals surface area contributed by atoms with Crippen LogP contribution in [0.5, 0.6) is 0 Å². The van der Waals surface area contributed by atoms with Gasteiger partial charge >= 0.3 is 0 Å². The van der Waals surface area contributed by atoms with E-state index in [1.807, 2.05) is 7.05 Å². The van der Waals surface area contributed by atoms with Gasteiger partial charge in [0.05, 0.1) is 0 Å². The molecule has 0 aromatic heterocycles. The Hall–Kier alpha value is -1.80. The summed E-state index contributed by atoms with van der Waals surface area (Å²) in [6, 6.07) is 18.2. The predicted octanol–water partition coefficient (Wildman–Crippen LogP) is 3.75. The van der Waals surface area contributed by atoms with Gasteiger partial charge in [-0.2, -0.15) is 0 Å². The number of hydrogen-bond acceptors (Lipinski definition) is 2. The highest BCUT2D eigenvalue weighted by Gasteiger charge is 2.23. The summed E-state index contributed by atoms with van der Waals surface area (Å²) in [5.74, 6) is 0. The Labute approximate surface area is 127 Å². The summed E-state index contributed by atoms with van der Waals surface area (Å²) in [6.45, 7) is 4.27. The van der Waals surface area contributed by atoms with Gasteiger partial charge in [0.15, 0.2) is 0 Å². The fourth-order valence-corrected chi connectivity index (χ4v) is 3.26. The fourth-order valence-electron chi connectivity index (χ4n) is 3.26. The molecule has 0 aliphatic carbocycles. The molecule has 1 aliphatic heterocycles. The van der Waals surface area contributed by atoms with Crippen molar-refractivity contribution in [3.05, 3.63) is 65.2 Å². The van der Waals surface area contributed by atoms with E-state index in [1.165, 1.54) is 35.2 Å². The van der Waals surface area contributed by atoms with Gasteiger partial charge in [-0.05, 0) is 49.6 Å². The lowest BCUT2D eigenvalue weighted by Gasteiger charge is -2.37. The van der Waals surface area contributed by atoms with Crippen LogP contribution in [0.25, 0.3) is 0 Å². The van der Waals surface area contributed by atoms with Gasteiger partial charge in [0, 0.05) is 24.8 Å². The van der Waals surface area contributed by atoms with Crippen molar-refractivity contribution >= 4 is 5.69 Å². The highest BCUT2D eigenvalue weighted by molar-refractivity contribution is 5.57. The molecule has 2 heteroatoms. The van der Waals surface area contributed by atoms with Crippen molar-refractivity contribution in [2.45, 2.75) is 38.9 Å². The van der Waals surface area contributed by atoms with E-state index in [-0.39, 0.29) is 0 Å². The summed E-state index contributed by atoms with van der Waals surface area (Å²) >= 11 is 0. The molecule has 0 saturated heterocycles. The van der Waals surface area contributed by atoms with Gasteiger partial charge in [-0.3, -0.25) is 0 Å². The van der Waals surface area contributed by atoms with Crippen molar-refractivity contribution in [1.82, 2.24) is 5.32 Å². The fraction of sp³-hybridized carbons (Fsp3) is 0.368. The van der Waals surface area contributed by atoms with Crippen LogP contribution in [0, 0.1) is 0 Å². The average molecular weight is 280 g/mol. The summed E-state index contributed by atoms with van der Waals surface area (Å²) in [6.07, 6.45) is 2.44. The molecule has 1 unspecified atom stereocenters. The van der Waals surface area contributed by atoms with Crippen LogP contribution in [0.3, 0.4) is 0 Å². The maximum absolute atomic E-state index is 3.27. The summed E-state index contributed by atoms with van der Waals surface area (Å²) in [5.41, 5.74) is 5.72. The molecule has 1 heterocycles. The molecule has 0 radical (unpaired) electrons. The molecule has 0 fully saturated rings. The van der Waals surface area contributed by atoms with Crippen molar-refractivity contribution in [2.24, 2.45) is 0 Å². The van der Waals surface area contributed by atoms with Crippen LogP contribution in [0.2, 0.25) is 0 Å². The van der Waals surface area contributed by atoms with Gasteiger partial charge in [-0.15, -0.1) is 0 Å². The third-order valence-corrected chi connectivity index (χ3v) is 4.49. The lowest BCUT2D eigenvalue weighted by molar-refractivity contribution is 0.558. The summed E-state index contributed by atoms with van der Waals surface area (Å²) in [7, 11) is 2.01. The number of aryl methyl sites for hydroxylation is 1. The van der Waals surface area contributed by atoms with Crippen LogP contribution in [-0.4, -0.2) is 13.1 Å². The highest BCUT2D eigenvalue weighted by atomic mass is 15.2. The van der Waals surface area contributed by atoms with Gasteiger partial charge in [0.2, 0.25) is 0 Å². The second-order valence-electron chi connectivity index (χ2n) is 5.94. The first kappa shape index (κ1) is 14.2. The van der Waals surface area contributed by atoms with Gasteiger partial charge < -0.3 is 10.2 Å². The maximum atomic E-state index is 3.27. The summed E-state index contributed by atoms with van der Waals surface area (Å²) < 4.78 is 0. The molecule has 0 spiro atoms. The molecule has 110 valence electrons. The lowest BCUT2D eigenvalue weighted by Crippen LogP contribution is -2.37. The van der Waals surface area contributed by atoms with Crippen molar-refractivity contribution in [3.63, 3.8) is 0 Å². The lowest BCUT2D eigenvalue weighted by atomic mass is 9.95. The molecule has 21 heavy (non-hydrogen) atoms. The van der Waals surface area contributed by atoms with Crippen molar-refractivity contribution < 1.29 is 0 Å². The van der Waals surface area contributed by atoms with Crippen LogP contribution in [-0.2, 0) is 19.5 Å². The van der Waals surface area contributed by atoms with Gasteiger partial charge in [0.25, 0.3) is 0 Å². The van der Waals surface area contributed by atoms with E-state index in [0.717, 1.165) is 13.1 Å². The molecule has 0 amide bonds. The zero-order valence-corrected chi connectivity index (χ0v) is 13.0. The molecule has 2 aromatic rings. The van der Waals surface area contributed by atoms with Crippen LogP contribution in [0.15, 0.2) is 48.5 Å². The molecule has 2 nitrogen and oxygen atoms in total. The van der Waals surface area contributed by atoms with E-state index in [9.17, 15) is 0 Å². The minimum absolute atomic E-state index is 0.600. The molecular formula is C19H24N2. The average Bonchev–Trinajstić information content (AvgIpc) is 2.52. The minimum atomic E-state index is 0.600. The Bertz CT molecular complexity index is 606. The maximum Gasteiger partial charge on any atom is 0.0435 e. The van der Waals surface area contributed by atoms with E-state index < -0.39 is 0 Å². The SMILES string of the molecule is CNCc1ccccc1CN1c2ccccc2CCC1C. The van der Waals surface area contributed by atoms with Gasteiger partial charge in [-0.1, -0.05) is 42.5 Å². The number of fused-ring (bicyclic) bond motifs is 1. The van der Waals surface area contributed by atoms with Crippen LogP contribution >= 0.6 is 0 Å². The van der Waals surface area contributed by atoms with E-state index >= 15 is 0 Å². The first-order valence-corrected chi connectivity index (χ1v) is 7.85. The van der Waals surface area contributed by atoms with Crippen LogP contribution < -0.4 is 10.2 Å². The monoisotopic (exact) mass is 280 g/mol. The summed E-state index contributed by atoms with van der Waals surface area (Å²) in [5, 5.41) is 3.27. The molecular weight excluding hydrogens is 256 g/mol. The van der Waals surface area contributed by atoms with Crippen LogP contribution in [0.1, 0.15) is 30.0 Å². The zero-order valence-electron chi connectivity index (χ0n) is 13.0. The number of nitrogens with one attached hydrogen (secondary N) is 1. The van der Waals surface area contributed by atoms with Crippen LogP contribution in [0.4, 0.5) is 5.69 Å². The molecule has 1 N–H and O–H groups in total. The smallest absolute Gasteiger partial charge is 0.0435 e. The Morgan fingerprint density at radius 1 is 1.05 bits per heavy atom. The Morgan fingerprint density at radius 3 is 2.57 bits per heavy atom. The third-order valence-electron chi connectivity index (χ3n) is 4.49. The molecule has 0 saturated carbocycles. The second-order valence-corrected chi connectivity index (χ2v) is 5.94.